The van der Waals surface area contributed by atoms with Gasteiger partial charge in [-0.15, -0.1) is 11.3 Å². The van der Waals surface area contributed by atoms with Crippen LogP contribution in [0.15, 0.2) is 6.07 Å². The molecule has 5 nitrogen and oxygen atoms in total. The number of thiophene rings is 1. The Balaban J connectivity index is 1.89. The minimum absolute atomic E-state index is 0.0572. The van der Waals surface area contributed by atoms with Gasteiger partial charge in [0.1, 0.15) is 0 Å². The molecule has 0 radical (unpaired) electrons. The highest BCUT2D eigenvalue weighted by Gasteiger charge is 2.22. The number of nitrogens with zero attached hydrogens (tertiary/aromatic N) is 1. The molecule has 1 aromatic rings. The van der Waals surface area contributed by atoms with Gasteiger partial charge in [-0.3, -0.25) is 9.59 Å². The molecule has 2 amide bonds. The fraction of sp³-hybridized carbons (Fsp3) is 0.538. The van der Waals surface area contributed by atoms with E-state index in [1.165, 1.54) is 11.3 Å². The van der Waals surface area contributed by atoms with E-state index >= 15 is 0 Å². The number of nitrogens with one attached hydrogen (secondary N) is 1. The van der Waals surface area contributed by atoms with Crippen molar-refractivity contribution in [2.24, 2.45) is 0 Å². The molecule has 1 aliphatic rings. The Morgan fingerprint density at radius 2 is 2.37 bits per heavy atom. The number of likely N-dealkylation sites (tertiary alicyclic amines) is 1. The van der Waals surface area contributed by atoms with Crippen LogP contribution in [0.1, 0.15) is 34.3 Å². The lowest BCUT2D eigenvalue weighted by Crippen LogP contribution is -2.42. The molecule has 1 saturated heterocycles. The van der Waals surface area contributed by atoms with E-state index in [0.717, 1.165) is 17.8 Å². The summed E-state index contributed by atoms with van der Waals surface area (Å²) in [6, 6.07) is 1.64. The average molecular weight is 281 g/mol. The van der Waals surface area contributed by atoms with Gasteiger partial charge in [-0.2, -0.15) is 0 Å². The lowest BCUT2D eigenvalue weighted by Gasteiger charge is -2.21. The zero-order valence-electron chi connectivity index (χ0n) is 11.2. The molecule has 1 unspecified atom stereocenters. The summed E-state index contributed by atoms with van der Waals surface area (Å²) in [5.41, 5.74) is 6.39. The molecule has 1 aromatic heterocycles. The summed E-state index contributed by atoms with van der Waals surface area (Å²) in [7, 11) is 0. The third-order valence-corrected chi connectivity index (χ3v) is 4.29. The molecule has 3 N–H and O–H groups in total. The number of rotatable bonds is 4. The van der Waals surface area contributed by atoms with Gasteiger partial charge in [0.25, 0.3) is 5.91 Å². The molecule has 6 heteroatoms. The molecular weight excluding hydrogens is 262 g/mol. The maximum atomic E-state index is 12.0. The number of nitrogens with two attached hydrogens (primary N) is 1. The van der Waals surface area contributed by atoms with Crippen molar-refractivity contribution in [2.45, 2.75) is 32.7 Å². The summed E-state index contributed by atoms with van der Waals surface area (Å²) < 4.78 is 0. The third kappa shape index (κ3) is 3.26. The molecule has 0 bridgehead atoms. The Kier molecular flexibility index (Phi) is 4.09. The Hall–Kier alpha value is -1.56. The van der Waals surface area contributed by atoms with E-state index in [0.29, 0.717) is 23.5 Å². The maximum Gasteiger partial charge on any atom is 0.261 e. The summed E-state index contributed by atoms with van der Waals surface area (Å²) in [4.78, 5) is 26.9. The number of anilines is 1. The van der Waals surface area contributed by atoms with Crippen LogP contribution in [0.4, 0.5) is 5.69 Å². The van der Waals surface area contributed by atoms with Crippen LogP contribution in [0, 0.1) is 6.92 Å². The Bertz CT molecular complexity index is 479. The van der Waals surface area contributed by atoms with Crippen LogP contribution in [-0.4, -0.2) is 35.8 Å². The Morgan fingerprint density at radius 3 is 2.89 bits per heavy atom. The molecule has 1 aliphatic heterocycles. The van der Waals surface area contributed by atoms with E-state index in [-0.39, 0.29) is 17.9 Å². The molecule has 2 rings (SSSR count). The Labute approximate surface area is 116 Å². The monoisotopic (exact) mass is 281 g/mol. The second-order valence-electron chi connectivity index (χ2n) is 4.94. The van der Waals surface area contributed by atoms with E-state index in [1.54, 1.807) is 11.0 Å². The standard InChI is InChI=1S/C13H19N3O2S/c1-8(7-16-5-3-4-12(16)17)15-13(18)11-6-10(14)9(2)19-11/h6,8H,3-5,7,14H2,1-2H3,(H,15,18). The molecule has 1 atom stereocenters. The van der Waals surface area contributed by atoms with Gasteiger partial charge in [0.15, 0.2) is 0 Å². The zero-order chi connectivity index (χ0) is 14.0. The number of aryl methyl sites for hydroxylation is 1. The molecule has 104 valence electrons. The normalized spacial score (nSPS) is 16.7. The fourth-order valence-corrected chi connectivity index (χ4v) is 3.02. The first kappa shape index (κ1) is 13.9. The molecule has 1 fully saturated rings. The predicted molar refractivity (Wildman–Crippen MR) is 76.2 cm³/mol. The number of carbonyl (C=O) groups is 2. The minimum atomic E-state index is -0.121. The number of amides is 2. The highest BCUT2D eigenvalue weighted by Crippen LogP contribution is 2.23. The van der Waals surface area contributed by atoms with Crippen molar-refractivity contribution in [1.82, 2.24) is 10.2 Å². The van der Waals surface area contributed by atoms with E-state index < -0.39 is 0 Å². The molecular formula is C13H19N3O2S. The van der Waals surface area contributed by atoms with Gasteiger partial charge < -0.3 is 16.0 Å². The summed E-state index contributed by atoms with van der Waals surface area (Å²) in [5, 5.41) is 2.91. The van der Waals surface area contributed by atoms with Gasteiger partial charge >= 0.3 is 0 Å². The summed E-state index contributed by atoms with van der Waals surface area (Å²) >= 11 is 1.39. The van der Waals surface area contributed by atoms with Crippen LogP contribution < -0.4 is 11.1 Å². The summed E-state index contributed by atoms with van der Waals surface area (Å²) in [6.45, 7) is 5.17. The van der Waals surface area contributed by atoms with E-state index in [4.69, 9.17) is 5.73 Å². The largest absolute Gasteiger partial charge is 0.398 e. The lowest BCUT2D eigenvalue weighted by atomic mass is 10.3. The molecule has 19 heavy (non-hydrogen) atoms. The number of hydrogen-bond donors (Lipinski definition) is 2. The molecule has 0 aliphatic carbocycles. The van der Waals surface area contributed by atoms with Crippen molar-refractivity contribution < 1.29 is 9.59 Å². The van der Waals surface area contributed by atoms with Gasteiger partial charge in [0.2, 0.25) is 5.91 Å². The van der Waals surface area contributed by atoms with Crippen molar-refractivity contribution >= 4 is 28.8 Å². The van der Waals surface area contributed by atoms with Crippen LogP contribution in [0.25, 0.3) is 0 Å². The second-order valence-corrected chi connectivity index (χ2v) is 6.20. The van der Waals surface area contributed by atoms with E-state index in [2.05, 4.69) is 5.32 Å². The van der Waals surface area contributed by atoms with Crippen molar-refractivity contribution in [3.8, 4) is 0 Å². The van der Waals surface area contributed by atoms with Gasteiger partial charge in [0.05, 0.1) is 4.88 Å². The maximum absolute atomic E-state index is 12.0. The smallest absolute Gasteiger partial charge is 0.261 e. The van der Waals surface area contributed by atoms with Crippen LogP contribution in [0.5, 0.6) is 0 Å². The van der Waals surface area contributed by atoms with Gasteiger partial charge in [-0.25, -0.2) is 0 Å². The fourth-order valence-electron chi connectivity index (χ4n) is 2.18. The summed E-state index contributed by atoms with van der Waals surface area (Å²) in [6.07, 6.45) is 1.54. The minimum Gasteiger partial charge on any atom is -0.398 e. The van der Waals surface area contributed by atoms with E-state index in [9.17, 15) is 9.59 Å². The topological polar surface area (TPSA) is 75.4 Å². The van der Waals surface area contributed by atoms with Crippen molar-refractivity contribution in [1.29, 1.82) is 0 Å². The summed E-state index contributed by atoms with van der Waals surface area (Å²) in [5.74, 6) is 0.0567. The van der Waals surface area contributed by atoms with Gasteiger partial charge in [-0.1, -0.05) is 0 Å². The van der Waals surface area contributed by atoms with Crippen molar-refractivity contribution in [2.75, 3.05) is 18.8 Å². The first-order valence-corrected chi connectivity index (χ1v) is 7.23. The highest BCUT2D eigenvalue weighted by atomic mass is 32.1. The SMILES string of the molecule is Cc1sc(C(=O)NC(C)CN2CCCC2=O)cc1N. The molecule has 0 spiro atoms. The number of carbonyl (C=O) groups excluding carboxylic acids is 2. The average Bonchev–Trinajstić information content (AvgIpc) is 2.87. The first-order valence-electron chi connectivity index (χ1n) is 6.42. The van der Waals surface area contributed by atoms with Crippen LogP contribution in [0.3, 0.4) is 0 Å². The van der Waals surface area contributed by atoms with Gasteiger partial charge in [-0.05, 0) is 26.3 Å². The van der Waals surface area contributed by atoms with E-state index in [1.807, 2.05) is 13.8 Å². The molecule has 0 saturated carbocycles. The van der Waals surface area contributed by atoms with Crippen molar-refractivity contribution in [3.63, 3.8) is 0 Å². The lowest BCUT2D eigenvalue weighted by molar-refractivity contribution is -0.127. The second kappa shape index (κ2) is 5.61. The first-order chi connectivity index (χ1) is 8.97. The van der Waals surface area contributed by atoms with Crippen LogP contribution in [-0.2, 0) is 4.79 Å². The van der Waals surface area contributed by atoms with Gasteiger partial charge in [0, 0.05) is 36.1 Å². The molecule has 2 heterocycles. The van der Waals surface area contributed by atoms with Crippen LogP contribution >= 0.6 is 11.3 Å². The number of hydrogen-bond acceptors (Lipinski definition) is 4. The van der Waals surface area contributed by atoms with Crippen molar-refractivity contribution in [3.05, 3.63) is 15.8 Å². The Morgan fingerprint density at radius 1 is 1.63 bits per heavy atom. The van der Waals surface area contributed by atoms with Crippen LogP contribution in [0.2, 0.25) is 0 Å². The third-order valence-electron chi connectivity index (χ3n) is 3.22. The quantitative estimate of drug-likeness (QED) is 0.875. The number of nitrogen functional groups attached to an aromatic ring is 1. The predicted octanol–water partition coefficient (Wildman–Crippen LogP) is 1.38. The molecule has 0 aromatic carbocycles. The zero-order valence-corrected chi connectivity index (χ0v) is 12.0. The highest BCUT2D eigenvalue weighted by molar-refractivity contribution is 7.14.